The Balaban J connectivity index is -0.000000185. The van der Waals surface area contributed by atoms with Gasteiger partial charge in [-0.2, -0.15) is 0 Å². The fraction of sp³-hybridized carbons (Fsp3) is 0.818. The Morgan fingerprint density at radius 3 is 1.73 bits per heavy atom. The highest BCUT2D eigenvalue weighted by molar-refractivity contribution is 6.03. The molecular weight excluding hydrogens is 624 g/mol. The first-order valence-electron chi connectivity index (χ1n) is 17.0. The third-order valence-electron chi connectivity index (χ3n) is 7.53. The Kier molecular flexibility index (Phi) is 29.8. The number of carboxylic acid groups (broad SMARTS) is 1. The smallest absolute Gasteiger partial charge is 0.317 e. The van der Waals surface area contributed by atoms with Gasteiger partial charge < -0.3 is 42.3 Å². The van der Waals surface area contributed by atoms with Gasteiger partial charge >= 0.3 is 17.9 Å². The van der Waals surface area contributed by atoms with Crippen molar-refractivity contribution < 1.29 is 46.9 Å². The molecule has 2 rings (SSSR count). The molecular formula is C33H70N6O9. The average molecular weight is 697 g/mol. The van der Waals surface area contributed by atoms with Gasteiger partial charge in [0.05, 0.1) is 18.3 Å². The monoisotopic (exact) mass is 697 g/mol. The summed E-state index contributed by atoms with van der Waals surface area (Å²) in [6, 6.07) is 0. The van der Waals surface area contributed by atoms with Gasteiger partial charge in [0.25, 0.3) is 0 Å². The summed E-state index contributed by atoms with van der Waals surface area (Å²) >= 11 is 0. The number of nitrogens with one attached hydrogen (secondary N) is 4. The first kappa shape index (κ1) is 49.4. The summed E-state index contributed by atoms with van der Waals surface area (Å²) in [7, 11) is 0. The van der Waals surface area contributed by atoms with E-state index in [0.717, 1.165) is 32.7 Å². The molecule has 0 aliphatic carbocycles. The molecule has 2 aliphatic heterocycles. The molecule has 0 aromatic heterocycles. The fourth-order valence-corrected chi connectivity index (χ4v) is 4.46. The van der Waals surface area contributed by atoms with Crippen molar-refractivity contribution in [2.75, 3.05) is 58.9 Å². The molecule has 2 aliphatic rings. The Morgan fingerprint density at radius 1 is 0.854 bits per heavy atom. The zero-order chi connectivity index (χ0) is 36.5. The third-order valence-corrected chi connectivity index (χ3v) is 7.53. The van der Waals surface area contributed by atoms with E-state index >= 15 is 0 Å². The topological polar surface area (TPSA) is 241 Å². The van der Waals surface area contributed by atoms with Crippen molar-refractivity contribution in [1.29, 1.82) is 0 Å². The van der Waals surface area contributed by atoms with E-state index in [1.807, 2.05) is 55.4 Å². The molecule has 15 nitrogen and oxygen atoms in total. The fourth-order valence-electron chi connectivity index (χ4n) is 4.46. The largest absolute Gasteiger partial charge is 0.481 e. The summed E-state index contributed by atoms with van der Waals surface area (Å²) in [5.74, 6) is -2.32. The van der Waals surface area contributed by atoms with E-state index < -0.39 is 11.9 Å². The summed E-state index contributed by atoms with van der Waals surface area (Å²) in [6.07, 6.45) is 0.707. The lowest BCUT2D eigenvalue weighted by Crippen LogP contribution is -2.37. The molecule has 3 unspecified atom stereocenters. The van der Waals surface area contributed by atoms with Gasteiger partial charge in [-0.3, -0.25) is 33.7 Å². The highest BCUT2D eigenvalue weighted by Crippen LogP contribution is 2.26. The summed E-state index contributed by atoms with van der Waals surface area (Å²) in [5.41, 5.74) is 5.15. The van der Waals surface area contributed by atoms with E-state index in [9.17, 15) is 28.8 Å². The number of ether oxygens (including phenoxy) is 1. The molecule has 9 N–H and O–H groups in total. The van der Waals surface area contributed by atoms with Crippen molar-refractivity contribution in [2.45, 2.75) is 81.6 Å². The first-order valence-corrected chi connectivity index (χ1v) is 17.0. The van der Waals surface area contributed by atoms with E-state index in [1.165, 1.54) is 4.90 Å². The second-order valence-corrected chi connectivity index (χ2v) is 12.4. The van der Waals surface area contributed by atoms with E-state index in [-0.39, 0.29) is 80.4 Å². The maximum Gasteiger partial charge on any atom is 0.317 e. The zero-order valence-corrected chi connectivity index (χ0v) is 30.8. The van der Waals surface area contributed by atoms with Gasteiger partial charge in [0, 0.05) is 60.9 Å². The van der Waals surface area contributed by atoms with Crippen molar-refractivity contribution in [3.05, 3.63) is 0 Å². The van der Waals surface area contributed by atoms with Crippen LogP contribution in [0.4, 0.5) is 0 Å². The summed E-state index contributed by atoms with van der Waals surface area (Å²) in [6.45, 7) is 24.4. The Labute approximate surface area is 290 Å². The molecule has 0 aromatic rings. The van der Waals surface area contributed by atoms with Crippen molar-refractivity contribution >= 4 is 35.6 Å². The van der Waals surface area contributed by atoms with Crippen LogP contribution in [0.3, 0.4) is 0 Å². The van der Waals surface area contributed by atoms with Crippen molar-refractivity contribution in [3.63, 3.8) is 0 Å². The second kappa shape index (κ2) is 29.0. The molecule has 2 saturated heterocycles. The lowest BCUT2D eigenvalue weighted by atomic mass is 9.92. The van der Waals surface area contributed by atoms with Crippen LogP contribution in [0, 0.1) is 35.5 Å². The van der Waals surface area contributed by atoms with Crippen LogP contribution in [0.1, 0.15) is 84.4 Å². The normalized spacial score (nSPS) is 17.5. The predicted molar refractivity (Wildman–Crippen MR) is 190 cm³/mol. The van der Waals surface area contributed by atoms with Crippen LogP contribution >= 0.6 is 0 Å². The number of aliphatic carboxylic acids is 1. The quantitative estimate of drug-likeness (QED) is 0.0541. The third kappa shape index (κ3) is 21.8. The summed E-state index contributed by atoms with van der Waals surface area (Å²) < 4.78 is 4.36. The molecule has 3 atom stereocenters. The minimum Gasteiger partial charge on any atom is -0.481 e. The van der Waals surface area contributed by atoms with Crippen LogP contribution in [0.2, 0.25) is 0 Å². The number of esters is 2. The second-order valence-electron chi connectivity index (χ2n) is 12.4. The van der Waals surface area contributed by atoms with E-state index in [1.54, 1.807) is 0 Å². The number of amides is 3. The molecule has 2 heterocycles. The van der Waals surface area contributed by atoms with Gasteiger partial charge in [0.15, 0.2) is 0 Å². The minimum absolute atomic E-state index is 0. The number of hydrogen-bond acceptors (Lipinski definition) is 11. The van der Waals surface area contributed by atoms with Crippen LogP contribution in [0.15, 0.2) is 0 Å². The Hall–Kier alpha value is -2.98. The van der Waals surface area contributed by atoms with Gasteiger partial charge in [-0.1, -0.05) is 62.3 Å². The van der Waals surface area contributed by atoms with Crippen LogP contribution < -0.4 is 27.0 Å². The van der Waals surface area contributed by atoms with Crippen LogP contribution in [0.25, 0.3) is 0 Å². The standard InChI is InChI=1S/C11H22N2O3.C11H20N2O2.C7H10O3.C4H12N2.H2O.2H2/c1-4-12-5-6-13-10(14)7-9(8(2)3)11(15)16;1-4-12-5-6-13-10(14)7-9(8(2)3)11(13)15;1-4(2)5-3-6(8)10-7(5)9;1-2-6-4-3-5;;;/h8-9,12H,4-7H2,1-3H3,(H,13,14)(H,15,16);8-9,12H,4-7H2,1-3H3;4-5H,3H2,1-2H3;6H,2-5H2,1H3;1H2;2*1H/i;;;;;2*1+1. The molecule has 0 aromatic carbocycles. The number of nitrogens with two attached hydrogens (primary N) is 1. The number of cyclic esters (lactones) is 2. The lowest BCUT2D eigenvalue weighted by molar-refractivity contribution is -0.153. The van der Waals surface area contributed by atoms with Crippen LogP contribution in [-0.4, -0.2) is 110 Å². The number of likely N-dealkylation sites (N-methyl/N-ethyl adjacent to an activating group) is 3. The van der Waals surface area contributed by atoms with Crippen molar-refractivity contribution in [2.24, 2.45) is 41.2 Å². The molecule has 0 radical (unpaired) electrons. The molecule has 0 spiro atoms. The summed E-state index contributed by atoms with van der Waals surface area (Å²) in [5, 5.41) is 20.9. The predicted octanol–water partition coefficient (Wildman–Crippen LogP) is 1.04. The lowest BCUT2D eigenvalue weighted by Gasteiger charge is -2.16. The van der Waals surface area contributed by atoms with E-state index in [0.29, 0.717) is 32.6 Å². The maximum atomic E-state index is 11.8. The average Bonchev–Trinajstić information content (AvgIpc) is 3.50. The minimum atomic E-state index is -0.906. The first-order chi connectivity index (χ1) is 22.1. The van der Waals surface area contributed by atoms with Gasteiger partial charge in [-0.15, -0.1) is 0 Å². The van der Waals surface area contributed by atoms with Gasteiger partial charge in [0.2, 0.25) is 17.7 Å². The molecule has 48 heavy (non-hydrogen) atoms. The van der Waals surface area contributed by atoms with Gasteiger partial charge in [-0.25, -0.2) is 0 Å². The van der Waals surface area contributed by atoms with Gasteiger partial charge in [-0.05, 0) is 37.4 Å². The highest BCUT2D eigenvalue weighted by atomic mass is 16.6. The Morgan fingerprint density at radius 2 is 1.38 bits per heavy atom. The molecule has 0 bridgehead atoms. The zero-order valence-electron chi connectivity index (χ0n) is 30.8. The molecule has 0 saturated carbocycles. The number of nitrogens with zero attached hydrogens (tertiary/aromatic N) is 1. The summed E-state index contributed by atoms with van der Waals surface area (Å²) in [4.78, 5) is 68.4. The van der Waals surface area contributed by atoms with Crippen LogP contribution in [0.5, 0.6) is 0 Å². The number of carboxylic acids is 1. The van der Waals surface area contributed by atoms with Crippen LogP contribution in [-0.2, 0) is 33.5 Å². The number of likely N-dealkylation sites (tertiary alicyclic amines) is 1. The van der Waals surface area contributed by atoms with Gasteiger partial charge in [0.1, 0.15) is 0 Å². The molecule has 2 fully saturated rings. The Bertz CT molecular complexity index is 955. The van der Waals surface area contributed by atoms with Crippen molar-refractivity contribution in [3.8, 4) is 0 Å². The molecule has 3 amide bonds. The number of hydrogen-bond donors (Lipinski definition) is 6. The number of imide groups is 1. The van der Waals surface area contributed by atoms with E-state index in [4.69, 9.17) is 10.8 Å². The van der Waals surface area contributed by atoms with Crippen molar-refractivity contribution in [1.82, 2.24) is 26.2 Å². The SMILES string of the molecule is CC(C)C1CC(=O)OC1=O.CCNCCN.CCNCCN1C(=O)CC(C(C)C)C1=O.CCNCCNC(=O)CC(C(=O)O)C(C)C.O.[2HH].[2HH]. The highest BCUT2D eigenvalue weighted by Gasteiger charge is 2.39. The number of carbonyl (C=O) groups is 6. The number of carbonyl (C=O) groups excluding carboxylic acids is 5. The molecule has 15 heteroatoms. The number of rotatable bonds is 17. The molecule has 286 valence electrons. The maximum absolute atomic E-state index is 11.8. The van der Waals surface area contributed by atoms with E-state index in [2.05, 4.69) is 32.9 Å².